The van der Waals surface area contributed by atoms with E-state index in [4.69, 9.17) is 4.74 Å². The first-order valence-electron chi connectivity index (χ1n) is 8.28. The van der Waals surface area contributed by atoms with Crippen LogP contribution in [0.4, 0.5) is 0 Å². The van der Waals surface area contributed by atoms with Crippen LogP contribution < -0.4 is 0 Å². The molecule has 0 aliphatic heterocycles. The zero-order valence-corrected chi connectivity index (χ0v) is 14.0. The molecule has 124 valence electrons. The van der Waals surface area contributed by atoms with Gasteiger partial charge in [-0.1, -0.05) is 19.4 Å². The molecule has 0 bridgehead atoms. The van der Waals surface area contributed by atoms with Crippen molar-refractivity contribution >= 4 is 11.8 Å². The maximum atomic E-state index is 12.6. The van der Waals surface area contributed by atoms with Crippen LogP contribution >= 0.6 is 0 Å². The third-order valence-electron chi connectivity index (χ3n) is 6.16. The van der Waals surface area contributed by atoms with Crippen LogP contribution in [0, 0.1) is 11.3 Å². The predicted molar refractivity (Wildman–Crippen MR) is 86.5 cm³/mol. The van der Waals surface area contributed by atoms with Gasteiger partial charge in [0.1, 0.15) is 5.75 Å². The SMILES string of the molecule is COC(=O)[C@]1(C)CCC[C@]2(C)c3ccc(O)cc3C(=O)CCC12. The van der Waals surface area contributed by atoms with Crippen LogP contribution in [0.25, 0.3) is 0 Å². The molecule has 1 aromatic carbocycles. The number of Topliss-reactive ketones (excluding diaryl/α,β-unsaturated/α-hetero) is 1. The Bertz CT molecular complexity index is 665. The lowest BCUT2D eigenvalue weighted by Gasteiger charge is -2.50. The average molecular weight is 316 g/mol. The number of fused-ring (bicyclic) bond motifs is 3. The number of ether oxygens (including phenoxy) is 1. The van der Waals surface area contributed by atoms with E-state index in [1.807, 2.05) is 13.0 Å². The largest absolute Gasteiger partial charge is 0.508 e. The summed E-state index contributed by atoms with van der Waals surface area (Å²) in [6.45, 7) is 4.14. The van der Waals surface area contributed by atoms with E-state index in [0.717, 1.165) is 24.8 Å². The Morgan fingerprint density at radius 2 is 2.04 bits per heavy atom. The van der Waals surface area contributed by atoms with Crippen molar-refractivity contribution in [3.8, 4) is 5.75 Å². The van der Waals surface area contributed by atoms with Crippen molar-refractivity contribution in [2.75, 3.05) is 7.11 Å². The van der Waals surface area contributed by atoms with E-state index in [1.165, 1.54) is 7.11 Å². The number of ketones is 1. The Hall–Kier alpha value is -1.84. The summed E-state index contributed by atoms with van der Waals surface area (Å²) < 4.78 is 5.10. The normalized spacial score (nSPS) is 33.3. The summed E-state index contributed by atoms with van der Waals surface area (Å²) in [6, 6.07) is 5.09. The highest BCUT2D eigenvalue weighted by Gasteiger charge is 2.55. The number of benzene rings is 1. The number of carbonyl (C=O) groups is 2. The minimum atomic E-state index is -0.568. The fourth-order valence-corrected chi connectivity index (χ4v) is 4.98. The topological polar surface area (TPSA) is 63.6 Å². The van der Waals surface area contributed by atoms with Gasteiger partial charge in [0.25, 0.3) is 0 Å². The number of hydrogen-bond donors (Lipinski definition) is 1. The minimum absolute atomic E-state index is 0.0544. The van der Waals surface area contributed by atoms with E-state index in [-0.39, 0.29) is 28.8 Å². The summed E-state index contributed by atoms with van der Waals surface area (Å²) in [5.41, 5.74) is 0.763. The van der Waals surface area contributed by atoms with E-state index < -0.39 is 5.41 Å². The minimum Gasteiger partial charge on any atom is -0.508 e. The van der Waals surface area contributed by atoms with Gasteiger partial charge in [-0.25, -0.2) is 0 Å². The predicted octanol–water partition coefficient (Wildman–Crippen LogP) is 3.61. The number of phenolic OH excluding ortho intramolecular Hbond substituents is 1. The molecule has 0 radical (unpaired) electrons. The van der Waals surface area contributed by atoms with Crippen LogP contribution in [0.15, 0.2) is 18.2 Å². The molecule has 0 amide bonds. The zero-order valence-electron chi connectivity index (χ0n) is 14.0. The van der Waals surface area contributed by atoms with Gasteiger partial charge in [0.15, 0.2) is 5.78 Å². The smallest absolute Gasteiger partial charge is 0.311 e. The molecule has 1 N–H and O–H groups in total. The van der Waals surface area contributed by atoms with Gasteiger partial charge in [0.05, 0.1) is 12.5 Å². The maximum absolute atomic E-state index is 12.6. The lowest BCUT2D eigenvalue weighted by molar-refractivity contribution is -0.160. The summed E-state index contributed by atoms with van der Waals surface area (Å²) in [7, 11) is 1.44. The summed E-state index contributed by atoms with van der Waals surface area (Å²) in [5.74, 6) is 0.0541. The number of hydrogen-bond acceptors (Lipinski definition) is 4. The summed E-state index contributed by atoms with van der Waals surface area (Å²) in [4.78, 5) is 25.1. The molecule has 2 aliphatic carbocycles. The van der Waals surface area contributed by atoms with Gasteiger partial charge in [-0.05, 0) is 55.2 Å². The number of esters is 1. The Morgan fingerprint density at radius 3 is 2.74 bits per heavy atom. The molecule has 1 fully saturated rings. The molecular formula is C19H24O4. The van der Waals surface area contributed by atoms with Crippen LogP contribution in [-0.4, -0.2) is 24.0 Å². The number of methoxy groups -OCH3 is 1. The first-order valence-corrected chi connectivity index (χ1v) is 8.28. The molecule has 1 unspecified atom stereocenters. The van der Waals surface area contributed by atoms with Gasteiger partial charge >= 0.3 is 5.97 Å². The van der Waals surface area contributed by atoms with Crippen molar-refractivity contribution in [3.05, 3.63) is 29.3 Å². The molecule has 3 atom stereocenters. The van der Waals surface area contributed by atoms with Crippen molar-refractivity contribution in [3.63, 3.8) is 0 Å². The number of aromatic hydroxyl groups is 1. The summed E-state index contributed by atoms with van der Waals surface area (Å²) >= 11 is 0. The first kappa shape index (κ1) is 16.0. The molecule has 23 heavy (non-hydrogen) atoms. The molecule has 1 aromatic rings. The fourth-order valence-electron chi connectivity index (χ4n) is 4.98. The van der Waals surface area contributed by atoms with Gasteiger partial charge in [-0.15, -0.1) is 0 Å². The second-order valence-corrected chi connectivity index (χ2v) is 7.42. The molecular weight excluding hydrogens is 292 g/mol. The van der Waals surface area contributed by atoms with Crippen LogP contribution in [0.3, 0.4) is 0 Å². The van der Waals surface area contributed by atoms with E-state index in [9.17, 15) is 14.7 Å². The molecule has 0 heterocycles. The highest BCUT2D eigenvalue weighted by atomic mass is 16.5. The Morgan fingerprint density at radius 1 is 1.30 bits per heavy atom. The van der Waals surface area contributed by atoms with Crippen molar-refractivity contribution in [2.45, 2.75) is 51.4 Å². The van der Waals surface area contributed by atoms with Crippen LogP contribution in [0.5, 0.6) is 5.75 Å². The fraction of sp³-hybridized carbons (Fsp3) is 0.579. The van der Waals surface area contributed by atoms with E-state index in [1.54, 1.807) is 12.1 Å². The Labute approximate surface area is 136 Å². The standard InChI is InChI=1S/C19H24O4/c1-18-9-4-10-19(2,17(22)23-3)16(18)8-7-15(21)13-11-12(20)5-6-14(13)18/h5-6,11,16,20H,4,7-10H2,1-3H3/t16?,18-,19-/m1/s1. The van der Waals surface area contributed by atoms with Gasteiger partial charge in [-0.2, -0.15) is 0 Å². The van der Waals surface area contributed by atoms with Crippen molar-refractivity contribution in [1.29, 1.82) is 0 Å². The number of rotatable bonds is 1. The molecule has 1 saturated carbocycles. The van der Waals surface area contributed by atoms with Gasteiger partial charge in [0, 0.05) is 12.0 Å². The van der Waals surface area contributed by atoms with Crippen LogP contribution in [-0.2, 0) is 14.9 Å². The van der Waals surface area contributed by atoms with E-state index >= 15 is 0 Å². The average Bonchev–Trinajstić information content (AvgIpc) is 2.63. The molecule has 0 spiro atoms. The maximum Gasteiger partial charge on any atom is 0.311 e. The van der Waals surface area contributed by atoms with E-state index in [2.05, 4.69) is 6.92 Å². The second-order valence-electron chi connectivity index (χ2n) is 7.42. The molecule has 4 heteroatoms. The first-order chi connectivity index (χ1) is 10.8. The molecule has 2 aliphatic rings. The summed E-state index contributed by atoms with van der Waals surface area (Å²) in [6.07, 6.45) is 3.74. The highest BCUT2D eigenvalue weighted by molar-refractivity contribution is 5.99. The van der Waals surface area contributed by atoms with Crippen molar-refractivity contribution in [2.24, 2.45) is 11.3 Å². The third kappa shape index (κ3) is 2.27. The third-order valence-corrected chi connectivity index (χ3v) is 6.16. The van der Waals surface area contributed by atoms with Crippen LogP contribution in [0.2, 0.25) is 0 Å². The van der Waals surface area contributed by atoms with Gasteiger partial charge < -0.3 is 9.84 Å². The molecule has 0 saturated heterocycles. The molecule has 0 aromatic heterocycles. The van der Waals surface area contributed by atoms with Gasteiger partial charge in [0.2, 0.25) is 0 Å². The monoisotopic (exact) mass is 316 g/mol. The lowest BCUT2D eigenvalue weighted by atomic mass is 9.53. The summed E-state index contributed by atoms with van der Waals surface area (Å²) in [5, 5.41) is 9.78. The highest BCUT2D eigenvalue weighted by Crippen LogP contribution is 2.57. The Balaban J connectivity index is 2.18. The quantitative estimate of drug-likeness (QED) is 0.804. The van der Waals surface area contributed by atoms with Crippen molar-refractivity contribution in [1.82, 2.24) is 0 Å². The molecule has 3 rings (SSSR count). The second kappa shape index (κ2) is 5.36. The Kier molecular flexibility index (Phi) is 3.74. The number of phenols is 1. The van der Waals surface area contributed by atoms with E-state index in [0.29, 0.717) is 18.4 Å². The lowest BCUT2D eigenvalue weighted by Crippen LogP contribution is -2.50. The van der Waals surface area contributed by atoms with Crippen LogP contribution in [0.1, 0.15) is 61.9 Å². The molecule has 4 nitrogen and oxygen atoms in total. The van der Waals surface area contributed by atoms with Crippen molar-refractivity contribution < 1.29 is 19.4 Å². The van der Waals surface area contributed by atoms with Gasteiger partial charge in [-0.3, -0.25) is 9.59 Å². The number of carbonyl (C=O) groups excluding carboxylic acids is 2. The zero-order chi connectivity index (χ0) is 16.8.